The fourth-order valence-electron chi connectivity index (χ4n) is 4.94. The van der Waals surface area contributed by atoms with Gasteiger partial charge in [0.2, 0.25) is 5.91 Å². The van der Waals surface area contributed by atoms with Gasteiger partial charge in [0.1, 0.15) is 6.10 Å². The zero-order valence-corrected chi connectivity index (χ0v) is 14.6. The molecular formula is C18H29N3O3. The summed E-state index contributed by atoms with van der Waals surface area (Å²) in [6, 6.07) is 0. The first-order valence-electron chi connectivity index (χ1n) is 9.56. The van der Waals surface area contributed by atoms with E-state index in [0.29, 0.717) is 25.6 Å². The molecule has 6 heteroatoms. The van der Waals surface area contributed by atoms with Crippen molar-refractivity contribution < 1.29 is 14.3 Å². The van der Waals surface area contributed by atoms with Gasteiger partial charge < -0.3 is 15.0 Å². The monoisotopic (exact) mass is 335 g/mol. The number of nitrogens with one attached hydrogen (secondary N) is 2. The first kappa shape index (κ1) is 16.3. The molecule has 3 aliphatic heterocycles. The van der Waals surface area contributed by atoms with Crippen LogP contribution in [0.2, 0.25) is 0 Å². The van der Waals surface area contributed by atoms with Crippen LogP contribution in [-0.4, -0.2) is 53.7 Å². The molecule has 3 heterocycles. The summed E-state index contributed by atoms with van der Waals surface area (Å²) in [6.07, 6.45) is 7.62. The van der Waals surface area contributed by atoms with Crippen LogP contribution in [0.3, 0.4) is 0 Å². The van der Waals surface area contributed by atoms with Crippen LogP contribution >= 0.6 is 0 Å². The molecule has 4 rings (SSSR count). The van der Waals surface area contributed by atoms with E-state index in [4.69, 9.17) is 4.74 Å². The van der Waals surface area contributed by atoms with E-state index in [0.717, 1.165) is 44.9 Å². The molecule has 2 amide bonds. The van der Waals surface area contributed by atoms with Crippen LogP contribution in [-0.2, 0) is 14.3 Å². The Morgan fingerprint density at radius 2 is 1.88 bits per heavy atom. The lowest BCUT2D eigenvalue weighted by Crippen LogP contribution is -2.60. The van der Waals surface area contributed by atoms with Crippen LogP contribution < -0.4 is 10.6 Å². The largest absolute Gasteiger partial charge is 0.368 e. The van der Waals surface area contributed by atoms with E-state index in [2.05, 4.69) is 17.6 Å². The SMILES string of the molecule is C[C@@H]1CCO[C@@H]1C(=O)N1CCC2(CC1)NC(=O)C1(CCCCC1)N2. The number of likely N-dealkylation sites (tertiary alicyclic amines) is 1. The summed E-state index contributed by atoms with van der Waals surface area (Å²) in [6.45, 7) is 4.16. The maximum atomic E-state index is 12.7. The molecule has 0 radical (unpaired) electrons. The Labute approximate surface area is 143 Å². The van der Waals surface area contributed by atoms with Crippen molar-refractivity contribution in [2.75, 3.05) is 19.7 Å². The summed E-state index contributed by atoms with van der Waals surface area (Å²) in [5, 5.41) is 6.93. The average Bonchev–Trinajstić information content (AvgIpc) is 3.11. The number of hydrogen-bond donors (Lipinski definition) is 2. The average molecular weight is 335 g/mol. The lowest BCUT2D eigenvalue weighted by Gasteiger charge is -2.42. The quantitative estimate of drug-likeness (QED) is 0.754. The van der Waals surface area contributed by atoms with E-state index < -0.39 is 0 Å². The molecule has 0 aromatic rings. The molecule has 134 valence electrons. The fraction of sp³-hybridized carbons (Fsp3) is 0.889. The van der Waals surface area contributed by atoms with Crippen LogP contribution in [0.5, 0.6) is 0 Å². The van der Waals surface area contributed by atoms with Crippen molar-refractivity contribution in [3.05, 3.63) is 0 Å². The second kappa shape index (κ2) is 5.99. The molecule has 4 aliphatic rings. The van der Waals surface area contributed by atoms with Crippen LogP contribution in [0.25, 0.3) is 0 Å². The van der Waals surface area contributed by atoms with E-state index in [1.54, 1.807) is 0 Å². The number of nitrogens with zero attached hydrogens (tertiary/aromatic N) is 1. The van der Waals surface area contributed by atoms with Crippen molar-refractivity contribution in [2.45, 2.75) is 75.6 Å². The fourth-order valence-corrected chi connectivity index (χ4v) is 4.94. The molecule has 6 nitrogen and oxygen atoms in total. The number of rotatable bonds is 1. The van der Waals surface area contributed by atoms with E-state index in [-0.39, 0.29) is 29.1 Å². The van der Waals surface area contributed by atoms with Gasteiger partial charge in [-0.25, -0.2) is 0 Å². The van der Waals surface area contributed by atoms with E-state index in [1.165, 1.54) is 6.42 Å². The third kappa shape index (κ3) is 2.64. The smallest absolute Gasteiger partial charge is 0.251 e. The predicted molar refractivity (Wildman–Crippen MR) is 89.2 cm³/mol. The zero-order valence-electron chi connectivity index (χ0n) is 14.6. The molecule has 3 saturated heterocycles. The summed E-state index contributed by atoms with van der Waals surface area (Å²) >= 11 is 0. The lowest BCUT2D eigenvalue weighted by molar-refractivity contribution is -0.144. The van der Waals surface area contributed by atoms with Crippen LogP contribution in [0.1, 0.15) is 58.3 Å². The van der Waals surface area contributed by atoms with Crippen molar-refractivity contribution in [3.63, 3.8) is 0 Å². The molecule has 2 N–H and O–H groups in total. The van der Waals surface area contributed by atoms with Crippen LogP contribution in [0, 0.1) is 5.92 Å². The Morgan fingerprint density at radius 3 is 2.50 bits per heavy atom. The Hall–Kier alpha value is -1.14. The summed E-state index contributed by atoms with van der Waals surface area (Å²) in [5.74, 6) is 0.615. The van der Waals surface area contributed by atoms with Gasteiger partial charge in [0.25, 0.3) is 5.91 Å². The van der Waals surface area contributed by atoms with Gasteiger partial charge in [-0.05, 0) is 25.2 Å². The highest BCUT2D eigenvalue weighted by molar-refractivity contribution is 5.89. The van der Waals surface area contributed by atoms with Gasteiger partial charge in [0, 0.05) is 32.5 Å². The highest BCUT2D eigenvalue weighted by Crippen LogP contribution is 2.37. The molecule has 0 aromatic carbocycles. The molecule has 24 heavy (non-hydrogen) atoms. The molecule has 4 fully saturated rings. The van der Waals surface area contributed by atoms with Crippen LogP contribution in [0.15, 0.2) is 0 Å². The van der Waals surface area contributed by atoms with Crippen LogP contribution in [0.4, 0.5) is 0 Å². The molecule has 1 aliphatic carbocycles. The van der Waals surface area contributed by atoms with Gasteiger partial charge in [0.05, 0.1) is 11.2 Å². The van der Waals surface area contributed by atoms with Gasteiger partial charge in [0.15, 0.2) is 0 Å². The minimum Gasteiger partial charge on any atom is -0.368 e. The minimum atomic E-state index is -0.354. The summed E-state index contributed by atoms with van der Waals surface area (Å²) in [5.41, 5.74) is -0.666. The maximum Gasteiger partial charge on any atom is 0.251 e. The minimum absolute atomic E-state index is 0.131. The van der Waals surface area contributed by atoms with Crippen molar-refractivity contribution in [3.8, 4) is 0 Å². The highest BCUT2D eigenvalue weighted by atomic mass is 16.5. The Bertz CT molecular complexity index is 522. The number of hydrogen-bond acceptors (Lipinski definition) is 4. The summed E-state index contributed by atoms with van der Waals surface area (Å²) in [4.78, 5) is 27.2. The normalized spacial score (nSPS) is 34.7. The van der Waals surface area contributed by atoms with Gasteiger partial charge >= 0.3 is 0 Å². The first-order chi connectivity index (χ1) is 11.5. The van der Waals surface area contributed by atoms with E-state index in [9.17, 15) is 9.59 Å². The Morgan fingerprint density at radius 1 is 1.17 bits per heavy atom. The molecule has 0 bridgehead atoms. The highest BCUT2D eigenvalue weighted by Gasteiger charge is 2.54. The van der Waals surface area contributed by atoms with Gasteiger partial charge in [-0.2, -0.15) is 0 Å². The second-order valence-electron chi connectivity index (χ2n) is 8.19. The van der Waals surface area contributed by atoms with Gasteiger partial charge in [-0.3, -0.25) is 14.9 Å². The summed E-state index contributed by atoms with van der Waals surface area (Å²) < 4.78 is 5.63. The molecule has 0 aromatic heterocycles. The standard InChI is InChI=1S/C18H29N3O3/c1-13-5-12-24-14(13)15(22)21-10-8-18(9-11-21)19-16(23)17(20-18)6-3-2-4-7-17/h13-14,20H,2-12H2,1H3,(H,19,23)/t13-,14+/m1/s1. The molecule has 1 saturated carbocycles. The predicted octanol–water partition coefficient (Wildman–Crippen LogP) is 1.15. The van der Waals surface area contributed by atoms with E-state index >= 15 is 0 Å². The van der Waals surface area contributed by atoms with Gasteiger partial charge in [-0.1, -0.05) is 26.2 Å². The molecule has 2 atom stereocenters. The first-order valence-corrected chi connectivity index (χ1v) is 9.56. The second-order valence-corrected chi connectivity index (χ2v) is 8.19. The number of carbonyl (C=O) groups excluding carboxylic acids is 2. The Balaban J connectivity index is 1.39. The lowest BCUT2D eigenvalue weighted by atomic mass is 9.81. The topological polar surface area (TPSA) is 70.7 Å². The third-order valence-corrected chi connectivity index (χ3v) is 6.53. The maximum absolute atomic E-state index is 12.7. The van der Waals surface area contributed by atoms with Crippen molar-refractivity contribution in [1.29, 1.82) is 0 Å². The number of ether oxygens (including phenoxy) is 1. The molecular weight excluding hydrogens is 306 g/mol. The van der Waals surface area contributed by atoms with E-state index in [1.807, 2.05) is 4.90 Å². The number of carbonyl (C=O) groups is 2. The third-order valence-electron chi connectivity index (χ3n) is 6.53. The van der Waals surface area contributed by atoms with Crippen molar-refractivity contribution >= 4 is 11.8 Å². The number of amides is 2. The molecule has 0 unspecified atom stereocenters. The van der Waals surface area contributed by atoms with Gasteiger partial charge in [-0.15, -0.1) is 0 Å². The van der Waals surface area contributed by atoms with Crippen molar-refractivity contribution in [1.82, 2.24) is 15.5 Å². The zero-order chi connectivity index (χ0) is 16.8. The van der Waals surface area contributed by atoms with Crippen molar-refractivity contribution in [2.24, 2.45) is 5.92 Å². The molecule has 2 spiro atoms. The number of piperidine rings is 1. The Kier molecular flexibility index (Phi) is 4.07. The summed E-state index contributed by atoms with van der Waals surface area (Å²) in [7, 11) is 0.